The second kappa shape index (κ2) is 5.78. The molecule has 3 nitrogen and oxygen atoms in total. The molecule has 1 unspecified atom stereocenters. The molecule has 0 amide bonds. The van der Waals surface area contributed by atoms with Crippen molar-refractivity contribution in [2.45, 2.75) is 19.4 Å². The number of phenolic OH excluding ortho intramolecular Hbond substituents is 1. The minimum atomic E-state index is 0.156. The van der Waals surface area contributed by atoms with Crippen molar-refractivity contribution < 1.29 is 9.84 Å². The van der Waals surface area contributed by atoms with Gasteiger partial charge in [0.15, 0.2) is 11.5 Å². The fourth-order valence-corrected chi connectivity index (χ4v) is 2.71. The Kier molecular flexibility index (Phi) is 4.10. The van der Waals surface area contributed by atoms with Gasteiger partial charge in [0.2, 0.25) is 0 Å². The van der Waals surface area contributed by atoms with E-state index in [1.54, 1.807) is 30.6 Å². The van der Waals surface area contributed by atoms with Gasteiger partial charge in [0.05, 0.1) is 13.2 Å². The van der Waals surface area contributed by atoms with Gasteiger partial charge in [-0.25, -0.2) is 0 Å². The number of hydrogen-bond donors (Lipinski definition) is 2. The van der Waals surface area contributed by atoms with Crippen LogP contribution in [-0.2, 0) is 0 Å². The lowest BCUT2D eigenvalue weighted by atomic mass is 10.1. The van der Waals surface area contributed by atoms with Gasteiger partial charge in [0.1, 0.15) is 0 Å². The van der Waals surface area contributed by atoms with Gasteiger partial charge in [-0.3, -0.25) is 0 Å². The van der Waals surface area contributed by atoms with E-state index >= 15 is 0 Å². The van der Waals surface area contributed by atoms with Gasteiger partial charge in [0, 0.05) is 16.6 Å². The molecule has 18 heavy (non-hydrogen) atoms. The number of rotatable bonds is 5. The maximum Gasteiger partial charge on any atom is 0.160 e. The lowest BCUT2D eigenvalue weighted by Crippen LogP contribution is -2.07. The van der Waals surface area contributed by atoms with Crippen LogP contribution >= 0.6 is 11.3 Å². The van der Waals surface area contributed by atoms with Crippen LogP contribution in [0.25, 0.3) is 0 Å². The third kappa shape index (κ3) is 2.76. The van der Waals surface area contributed by atoms with Crippen molar-refractivity contribution >= 4 is 17.0 Å². The molecule has 0 aliphatic rings. The first-order valence-corrected chi connectivity index (χ1v) is 6.79. The summed E-state index contributed by atoms with van der Waals surface area (Å²) in [5.74, 6) is 0.647. The standard InChI is InChI=1S/C14H17NO2S/c1-3-11(14-5-4-8-18-14)15-10-6-7-13(17-2)12(16)9-10/h4-9,11,15-16H,3H2,1-2H3. The second-order valence-corrected chi connectivity index (χ2v) is 4.99. The molecule has 1 atom stereocenters. The Morgan fingerprint density at radius 2 is 2.22 bits per heavy atom. The molecule has 0 aliphatic carbocycles. The number of nitrogens with one attached hydrogen (secondary N) is 1. The van der Waals surface area contributed by atoms with Gasteiger partial charge >= 0.3 is 0 Å². The molecule has 0 aliphatic heterocycles. The molecule has 96 valence electrons. The van der Waals surface area contributed by atoms with E-state index < -0.39 is 0 Å². The molecule has 0 radical (unpaired) electrons. The van der Waals surface area contributed by atoms with Crippen molar-refractivity contribution in [2.24, 2.45) is 0 Å². The molecule has 0 saturated heterocycles. The van der Waals surface area contributed by atoms with Crippen molar-refractivity contribution in [3.05, 3.63) is 40.6 Å². The molecule has 0 bridgehead atoms. The number of anilines is 1. The average molecular weight is 263 g/mol. The quantitative estimate of drug-likeness (QED) is 0.856. The Bertz CT molecular complexity index is 497. The average Bonchev–Trinajstić information content (AvgIpc) is 2.90. The van der Waals surface area contributed by atoms with Gasteiger partial charge in [-0.05, 0) is 30.0 Å². The third-order valence-corrected chi connectivity index (χ3v) is 3.80. The van der Waals surface area contributed by atoms with Crippen molar-refractivity contribution in [3.63, 3.8) is 0 Å². The summed E-state index contributed by atoms with van der Waals surface area (Å²) in [7, 11) is 1.54. The van der Waals surface area contributed by atoms with Crippen LogP contribution in [0.1, 0.15) is 24.3 Å². The highest BCUT2D eigenvalue weighted by Gasteiger charge is 2.11. The molecular weight excluding hydrogens is 246 g/mol. The molecule has 2 N–H and O–H groups in total. The van der Waals surface area contributed by atoms with Crippen molar-refractivity contribution in [2.75, 3.05) is 12.4 Å². The summed E-state index contributed by atoms with van der Waals surface area (Å²) in [5.41, 5.74) is 0.897. The molecule has 1 aromatic heterocycles. The van der Waals surface area contributed by atoms with Crippen LogP contribution in [-0.4, -0.2) is 12.2 Å². The van der Waals surface area contributed by atoms with E-state index in [9.17, 15) is 5.11 Å². The fraction of sp³-hybridized carbons (Fsp3) is 0.286. The molecule has 2 aromatic rings. The smallest absolute Gasteiger partial charge is 0.160 e. The first kappa shape index (κ1) is 12.8. The van der Waals surface area contributed by atoms with Gasteiger partial charge in [-0.1, -0.05) is 13.0 Å². The first-order valence-electron chi connectivity index (χ1n) is 5.91. The summed E-state index contributed by atoms with van der Waals surface area (Å²) in [4.78, 5) is 1.30. The van der Waals surface area contributed by atoms with Crippen molar-refractivity contribution in [3.8, 4) is 11.5 Å². The van der Waals surface area contributed by atoms with Crippen LogP contribution in [0.2, 0.25) is 0 Å². The lowest BCUT2D eigenvalue weighted by molar-refractivity contribution is 0.373. The van der Waals surface area contributed by atoms with Crippen LogP contribution in [0.15, 0.2) is 35.7 Å². The Balaban J connectivity index is 2.15. The first-order chi connectivity index (χ1) is 8.74. The highest BCUT2D eigenvalue weighted by Crippen LogP contribution is 2.32. The number of methoxy groups -OCH3 is 1. The SMILES string of the molecule is CCC(Nc1ccc(OC)c(O)c1)c1cccs1. The minimum absolute atomic E-state index is 0.156. The van der Waals surface area contributed by atoms with Crippen LogP contribution < -0.4 is 10.1 Å². The zero-order valence-electron chi connectivity index (χ0n) is 10.5. The number of ether oxygens (including phenoxy) is 1. The van der Waals surface area contributed by atoms with Crippen molar-refractivity contribution in [1.29, 1.82) is 0 Å². The Morgan fingerprint density at radius 3 is 2.78 bits per heavy atom. The van der Waals surface area contributed by atoms with Crippen LogP contribution in [0.5, 0.6) is 11.5 Å². The zero-order chi connectivity index (χ0) is 13.0. The summed E-state index contributed by atoms with van der Waals surface area (Å²) in [6, 6.07) is 9.81. The fourth-order valence-electron chi connectivity index (χ4n) is 1.84. The molecule has 0 spiro atoms. The predicted molar refractivity (Wildman–Crippen MR) is 75.6 cm³/mol. The summed E-state index contributed by atoms with van der Waals surface area (Å²) in [6.45, 7) is 2.14. The highest BCUT2D eigenvalue weighted by molar-refractivity contribution is 7.10. The zero-order valence-corrected chi connectivity index (χ0v) is 11.3. The number of thiophene rings is 1. The predicted octanol–water partition coefficient (Wildman–Crippen LogP) is 4.03. The number of aromatic hydroxyl groups is 1. The van der Waals surface area contributed by atoms with E-state index in [0.29, 0.717) is 5.75 Å². The maximum absolute atomic E-state index is 9.75. The molecule has 1 aromatic carbocycles. The summed E-state index contributed by atoms with van der Waals surface area (Å²) < 4.78 is 5.03. The normalized spacial score (nSPS) is 12.1. The van der Waals surface area contributed by atoms with Crippen LogP contribution in [0, 0.1) is 0 Å². The maximum atomic E-state index is 9.75. The van der Waals surface area contributed by atoms with E-state index in [-0.39, 0.29) is 11.8 Å². The lowest BCUT2D eigenvalue weighted by Gasteiger charge is -2.17. The van der Waals surface area contributed by atoms with Crippen LogP contribution in [0.4, 0.5) is 5.69 Å². The number of phenols is 1. The van der Waals surface area contributed by atoms with Crippen molar-refractivity contribution in [1.82, 2.24) is 0 Å². The Hall–Kier alpha value is -1.68. The van der Waals surface area contributed by atoms with Crippen LogP contribution in [0.3, 0.4) is 0 Å². The van der Waals surface area contributed by atoms with E-state index in [4.69, 9.17) is 4.74 Å². The van der Waals surface area contributed by atoms with Gasteiger partial charge < -0.3 is 15.2 Å². The third-order valence-electron chi connectivity index (χ3n) is 2.81. The topological polar surface area (TPSA) is 41.5 Å². The van der Waals surface area contributed by atoms with Gasteiger partial charge in [-0.2, -0.15) is 0 Å². The summed E-state index contributed by atoms with van der Waals surface area (Å²) >= 11 is 1.74. The van der Waals surface area contributed by atoms with Gasteiger partial charge in [-0.15, -0.1) is 11.3 Å². The molecule has 0 saturated carbocycles. The Labute approximate surface area is 111 Å². The second-order valence-electron chi connectivity index (χ2n) is 4.01. The molecular formula is C14H17NO2S. The van der Waals surface area contributed by atoms with E-state index in [1.807, 2.05) is 6.07 Å². The molecule has 4 heteroatoms. The van der Waals surface area contributed by atoms with E-state index in [2.05, 4.69) is 29.8 Å². The highest BCUT2D eigenvalue weighted by atomic mass is 32.1. The molecule has 0 fully saturated rings. The van der Waals surface area contributed by atoms with Gasteiger partial charge in [0.25, 0.3) is 0 Å². The molecule has 1 heterocycles. The number of benzene rings is 1. The summed E-state index contributed by atoms with van der Waals surface area (Å²) in [6.07, 6.45) is 0.993. The van der Waals surface area contributed by atoms with E-state index in [1.165, 1.54) is 4.88 Å². The van der Waals surface area contributed by atoms with E-state index in [0.717, 1.165) is 12.1 Å². The minimum Gasteiger partial charge on any atom is -0.504 e. The largest absolute Gasteiger partial charge is 0.504 e. The number of hydrogen-bond acceptors (Lipinski definition) is 4. The molecule has 2 rings (SSSR count). The Morgan fingerprint density at radius 1 is 1.39 bits per heavy atom. The monoisotopic (exact) mass is 263 g/mol. The summed E-state index contributed by atoms with van der Waals surface area (Å²) in [5, 5.41) is 15.2.